The summed E-state index contributed by atoms with van der Waals surface area (Å²) in [5, 5.41) is 0.807. The molecule has 3 heteroatoms. The van der Waals surface area contributed by atoms with Crippen LogP contribution < -0.4 is 0 Å². The second kappa shape index (κ2) is 5.52. The van der Waals surface area contributed by atoms with Gasteiger partial charge in [-0.3, -0.25) is 0 Å². The maximum absolute atomic E-state index is 14.0. The van der Waals surface area contributed by atoms with Gasteiger partial charge in [0.2, 0.25) is 0 Å². The Morgan fingerprint density at radius 1 is 1.04 bits per heavy atom. The molecule has 4 rings (SSSR count). The Morgan fingerprint density at radius 2 is 1.83 bits per heavy atom. The van der Waals surface area contributed by atoms with Crippen molar-refractivity contribution in [1.82, 2.24) is 4.98 Å². The summed E-state index contributed by atoms with van der Waals surface area (Å²) in [6.45, 7) is 6.70. The molecule has 1 unspecified atom stereocenters. The Kier molecular flexibility index (Phi) is 3.57. The number of rotatable bonds is 2. The van der Waals surface area contributed by atoms with Gasteiger partial charge in [-0.2, -0.15) is 0 Å². The molecule has 0 saturated heterocycles. The van der Waals surface area contributed by atoms with E-state index in [9.17, 15) is 4.39 Å². The van der Waals surface area contributed by atoms with E-state index in [1.165, 1.54) is 27.6 Å². The third-order valence-electron chi connectivity index (χ3n) is 5.25. The fraction of sp³-hybridized carbons (Fsp3) is 0.286. The molecule has 2 aromatic carbocycles. The van der Waals surface area contributed by atoms with Gasteiger partial charge >= 0.3 is 0 Å². The maximum Gasteiger partial charge on any atom is 0.133 e. The molecule has 0 aliphatic heterocycles. The highest BCUT2D eigenvalue weighted by Gasteiger charge is 2.38. The van der Waals surface area contributed by atoms with Gasteiger partial charge in [0.05, 0.1) is 5.69 Å². The van der Waals surface area contributed by atoms with Crippen LogP contribution in [0.5, 0.6) is 0 Å². The van der Waals surface area contributed by atoms with Crippen LogP contribution in [0, 0.1) is 19.7 Å². The van der Waals surface area contributed by atoms with Crippen LogP contribution in [0.15, 0.2) is 42.5 Å². The first-order valence-corrected chi connectivity index (χ1v) is 9.10. The number of thiazole rings is 1. The summed E-state index contributed by atoms with van der Waals surface area (Å²) < 4.78 is 14.0. The van der Waals surface area contributed by atoms with Gasteiger partial charge in [-0.05, 0) is 49.1 Å². The molecule has 1 aliphatic carbocycles. The van der Waals surface area contributed by atoms with E-state index in [0.29, 0.717) is 5.56 Å². The monoisotopic (exact) mass is 337 g/mol. The molecular weight excluding hydrogens is 317 g/mol. The standard InChI is InChI=1S/C21H20FNS/c1-13-7-6-9-16(14(13)2)21(3)11-18-19(12-21)24-20(23-18)15-8-4-5-10-17(15)22/h4-10H,11-12H2,1-3H3. The largest absolute Gasteiger partial charge is 0.241 e. The average molecular weight is 337 g/mol. The van der Waals surface area contributed by atoms with Gasteiger partial charge < -0.3 is 0 Å². The summed E-state index contributed by atoms with van der Waals surface area (Å²) in [7, 11) is 0. The molecule has 0 saturated carbocycles. The van der Waals surface area contributed by atoms with Crippen LogP contribution in [0.25, 0.3) is 10.6 Å². The van der Waals surface area contributed by atoms with E-state index in [4.69, 9.17) is 4.98 Å². The molecule has 24 heavy (non-hydrogen) atoms. The Labute approximate surface area is 146 Å². The molecular formula is C21H20FNS. The number of hydrogen-bond donors (Lipinski definition) is 0. The molecule has 0 spiro atoms. The summed E-state index contributed by atoms with van der Waals surface area (Å²) in [6.07, 6.45) is 1.91. The lowest BCUT2D eigenvalue weighted by Gasteiger charge is -2.27. The van der Waals surface area contributed by atoms with Crippen LogP contribution in [-0.4, -0.2) is 4.98 Å². The van der Waals surface area contributed by atoms with E-state index in [-0.39, 0.29) is 11.2 Å². The van der Waals surface area contributed by atoms with E-state index in [0.717, 1.165) is 23.5 Å². The zero-order valence-electron chi connectivity index (χ0n) is 14.2. The number of hydrogen-bond acceptors (Lipinski definition) is 2. The minimum absolute atomic E-state index is 0.0953. The van der Waals surface area contributed by atoms with E-state index in [1.807, 2.05) is 12.1 Å². The van der Waals surface area contributed by atoms with Crippen molar-refractivity contribution in [1.29, 1.82) is 0 Å². The van der Waals surface area contributed by atoms with Gasteiger partial charge in [-0.25, -0.2) is 9.37 Å². The first-order chi connectivity index (χ1) is 11.5. The molecule has 1 atom stereocenters. The number of nitrogens with zero attached hydrogens (tertiary/aromatic N) is 1. The summed E-state index contributed by atoms with van der Waals surface area (Å²) in [5.74, 6) is -0.192. The molecule has 0 N–H and O–H groups in total. The van der Waals surface area contributed by atoms with Crippen LogP contribution in [-0.2, 0) is 18.3 Å². The molecule has 3 aromatic rings. The fourth-order valence-electron chi connectivity index (χ4n) is 3.79. The van der Waals surface area contributed by atoms with Crippen LogP contribution in [0.1, 0.15) is 34.2 Å². The van der Waals surface area contributed by atoms with Gasteiger partial charge in [-0.15, -0.1) is 11.3 Å². The third-order valence-corrected chi connectivity index (χ3v) is 6.38. The number of fused-ring (bicyclic) bond motifs is 1. The zero-order valence-corrected chi connectivity index (χ0v) is 15.0. The van der Waals surface area contributed by atoms with Crippen molar-refractivity contribution in [2.75, 3.05) is 0 Å². The highest BCUT2D eigenvalue weighted by atomic mass is 32.1. The predicted molar refractivity (Wildman–Crippen MR) is 98.2 cm³/mol. The molecule has 0 amide bonds. The first-order valence-electron chi connectivity index (χ1n) is 8.28. The minimum atomic E-state index is -0.192. The Balaban J connectivity index is 1.70. The van der Waals surface area contributed by atoms with Crippen molar-refractivity contribution in [2.45, 2.75) is 39.0 Å². The van der Waals surface area contributed by atoms with Crippen molar-refractivity contribution in [2.24, 2.45) is 0 Å². The van der Waals surface area contributed by atoms with Crippen molar-refractivity contribution in [3.63, 3.8) is 0 Å². The molecule has 1 aromatic heterocycles. The smallest absolute Gasteiger partial charge is 0.133 e. The third kappa shape index (κ3) is 2.39. The molecule has 122 valence electrons. The van der Waals surface area contributed by atoms with Crippen molar-refractivity contribution in [3.05, 3.63) is 75.5 Å². The number of halogens is 1. The summed E-state index contributed by atoms with van der Waals surface area (Å²) in [5.41, 5.74) is 5.98. The molecule has 0 fully saturated rings. The maximum atomic E-state index is 14.0. The number of aryl methyl sites for hydroxylation is 1. The molecule has 1 heterocycles. The molecule has 0 radical (unpaired) electrons. The van der Waals surface area contributed by atoms with Crippen molar-refractivity contribution < 1.29 is 4.39 Å². The summed E-state index contributed by atoms with van der Waals surface area (Å²) in [6, 6.07) is 13.5. The fourth-order valence-corrected chi connectivity index (χ4v) is 5.08. The average Bonchev–Trinajstić information content (AvgIpc) is 3.06. The minimum Gasteiger partial charge on any atom is -0.241 e. The zero-order chi connectivity index (χ0) is 16.9. The van der Waals surface area contributed by atoms with Gasteiger partial charge in [0.1, 0.15) is 10.8 Å². The summed E-state index contributed by atoms with van der Waals surface area (Å²) >= 11 is 1.65. The predicted octanol–water partition coefficient (Wildman–Crippen LogP) is 5.62. The summed E-state index contributed by atoms with van der Waals surface area (Å²) in [4.78, 5) is 6.08. The van der Waals surface area contributed by atoms with Crippen LogP contribution in [0.3, 0.4) is 0 Å². The molecule has 0 bridgehead atoms. The lowest BCUT2D eigenvalue weighted by Crippen LogP contribution is -2.24. The second-order valence-corrected chi connectivity index (χ2v) is 8.11. The Bertz CT molecular complexity index is 902. The van der Waals surface area contributed by atoms with Crippen molar-refractivity contribution in [3.8, 4) is 10.6 Å². The van der Waals surface area contributed by atoms with Crippen LogP contribution >= 0.6 is 11.3 Å². The highest BCUT2D eigenvalue weighted by Crippen LogP contribution is 2.45. The number of aromatic nitrogens is 1. The highest BCUT2D eigenvalue weighted by molar-refractivity contribution is 7.15. The molecule has 1 aliphatic rings. The van der Waals surface area contributed by atoms with Gasteiger partial charge in [0, 0.05) is 22.3 Å². The van der Waals surface area contributed by atoms with E-state index in [2.05, 4.69) is 39.0 Å². The van der Waals surface area contributed by atoms with E-state index < -0.39 is 0 Å². The lowest BCUT2D eigenvalue weighted by atomic mass is 9.77. The number of benzene rings is 2. The Hall–Kier alpha value is -2.00. The SMILES string of the molecule is Cc1cccc(C2(C)Cc3nc(-c4ccccc4F)sc3C2)c1C. The van der Waals surface area contributed by atoms with E-state index in [1.54, 1.807) is 17.4 Å². The topological polar surface area (TPSA) is 12.9 Å². The van der Waals surface area contributed by atoms with Crippen molar-refractivity contribution >= 4 is 11.3 Å². The quantitative estimate of drug-likeness (QED) is 0.591. The van der Waals surface area contributed by atoms with Crippen LogP contribution in [0.4, 0.5) is 4.39 Å². The normalized spacial score (nSPS) is 19.5. The molecule has 1 nitrogen and oxygen atoms in total. The first kappa shape index (κ1) is 15.5. The van der Waals surface area contributed by atoms with Crippen LogP contribution in [0.2, 0.25) is 0 Å². The van der Waals surface area contributed by atoms with Gasteiger partial charge in [-0.1, -0.05) is 37.3 Å². The van der Waals surface area contributed by atoms with Gasteiger partial charge in [0.15, 0.2) is 0 Å². The Morgan fingerprint density at radius 3 is 2.58 bits per heavy atom. The lowest BCUT2D eigenvalue weighted by molar-refractivity contribution is 0.498. The second-order valence-electron chi connectivity index (χ2n) is 7.03. The van der Waals surface area contributed by atoms with E-state index >= 15 is 0 Å². The van der Waals surface area contributed by atoms with Gasteiger partial charge in [0.25, 0.3) is 0 Å².